The molecule has 0 spiro atoms. The van der Waals surface area contributed by atoms with Crippen LogP contribution in [0.25, 0.3) is 0 Å². The van der Waals surface area contributed by atoms with Crippen LogP contribution in [0.4, 0.5) is 11.4 Å². The van der Waals surface area contributed by atoms with Crippen molar-refractivity contribution >= 4 is 17.2 Å². The summed E-state index contributed by atoms with van der Waals surface area (Å²) in [6.07, 6.45) is 0. The highest BCUT2D eigenvalue weighted by Gasteiger charge is 1.94. The molecule has 88 valence electrons. The van der Waals surface area contributed by atoms with E-state index in [0.717, 1.165) is 11.4 Å². The van der Waals surface area contributed by atoms with Crippen LogP contribution in [-0.2, 0) is 9.53 Å². The van der Waals surface area contributed by atoms with E-state index in [0.29, 0.717) is 13.2 Å². The molecule has 0 bridgehead atoms. The van der Waals surface area contributed by atoms with Crippen LogP contribution in [0.3, 0.4) is 0 Å². The molecule has 2 N–H and O–H groups in total. The van der Waals surface area contributed by atoms with Crippen molar-refractivity contribution in [1.29, 1.82) is 0 Å². The summed E-state index contributed by atoms with van der Waals surface area (Å²) >= 11 is 0. The molecule has 0 aliphatic carbocycles. The summed E-state index contributed by atoms with van der Waals surface area (Å²) in [6.45, 7) is 2.95. The smallest absolute Gasteiger partial charge is 0.155 e. The number of benzene rings is 1. The molecule has 0 aliphatic heterocycles. The number of hydrogen-bond donors (Lipinski definition) is 2. The van der Waals surface area contributed by atoms with Crippen LogP contribution < -0.4 is 10.6 Å². The third-order valence-corrected chi connectivity index (χ3v) is 2.05. The van der Waals surface area contributed by atoms with Crippen molar-refractivity contribution in [2.24, 2.45) is 0 Å². The van der Waals surface area contributed by atoms with E-state index in [9.17, 15) is 4.79 Å². The van der Waals surface area contributed by atoms with Crippen LogP contribution in [-0.4, -0.2) is 32.6 Å². The van der Waals surface area contributed by atoms with Gasteiger partial charge in [0.1, 0.15) is 6.61 Å². The summed E-state index contributed by atoms with van der Waals surface area (Å²) < 4.78 is 5.14. The highest BCUT2D eigenvalue weighted by atomic mass is 16.5. The Hall–Kier alpha value is -1.55. The fourth-order valence-corrected chi connectivity index (χ4v) is 1.24. The van der Waals surface area contributed by atoms with E-state index >= 15 is 0 Å². The number of rotatable bonds is 7. The van der Waals surface area contributed by atoms with Gasteiger partial charge in [-0.3, -0.25) is 4.79 Å². The Balaban J connectivity index is 2.19. The molecule has 1 aromatic rings. The summed E-state index contributed by atoms with van der Waals surface area (Å²) in [7, 11) is 1.89. The van der Waals surface area contributed by atoms with Crippen LogP contribution in [0.15, 0.2) is 24.3 Å². The molecule has 0 fully saturated rings. The highest BCUT2D eigenvalue weighted by molar-refractivity contribution is 5.76. The Bertz CT molecular complexity index is 322. The fourth-order valence-electron chi connectivity index (χ4n) is 1.24. The van der Waals surface area contributed by atoms with Gasteiger partial charge in [0.25, 0.3) is 0 Å². The largest absolute Gasteiger partial charge is 0.388 e. The van der Waals surface area contributed by atoms with Crippen LogP contribution in [0, 0.1) is 0 Å². The molecule has 0 unspecified atom stereocenters. The van der Waals surface area contributed by atoms with Gasteiger partial charge < -0.3 is 15.4 Å². The molecule has 4 heteroatoms. The number of carbonyl (C=O) groups excluding carboxylic acids is 1. The minimum atomic E-state index is 0.0540. The SMILES string of the molecule is CNc1ccc(NCCOCC(C)=O)cc1. The standard InChI is InChI=1S/C12H18N2O2/c1-10(15)9-16-8-7-14-12-5-3-11(13-2)4-6-12/h3-6,13-14H,7-9H2,1-2H3. The molecule has 0 aliphatic rings. The minimum absolute atomic E-state index is 0.0540. The van der Waals surface area contributed by atoms with Gasteiger partial charge in [0.15, 0.2) is 5.78 Å². The quantitative estimate of drug-likeness (QED) is 0.690. The van der Waals surface area contributed by atoms with Crippen molar-refractivity contribution in [2.75, 3.05) is 37.4 Å². The second kappa shape index (κ2) is 6.85. The average molecular weight is 222 g/mol. The summed E-state index contributed by atoms with van der Waals surface area (Å²) in [6, 6.07) is 7.99. The van der Waals surface area contributed by atoms with Crippen LogP contribution in [0.1, 0.15) is 6.92 Å². The number of anilines is 2. The zero-order chi connectivity index (χ0) is 11.8. The van der Waals surface area contributed by atoms with Crippen molar-refractivity contribution in [2.45, 2.75) is 6.92 Å². The topological polar surface area (TPSA) is 50.4 Å². The first-order valence-corrected chi connectivity index (χ1v) is 5.31. The molecular weight excluding hydrogens is 204 g/mol. The maximum absolute atomic E-state index is 10.6. The van der Waals surface area contributed by atoms with Crippen LogP contribution in [0.2, 0.25) is 0 Å². The Morgan fingerprint density at radius 1 is 1.25 bits per heavy atom. The molecule has 0 atom stereocenters. The zero-order valence-corrected chi connectivity index (χ0v) is 9.75. The predicted octanol–water partition coefficient (Wildman–Crippen LogP) is 1.75. The summed E-state index contributed by atoms with van der Waals surface area (Å²) in [5.41, 5.74) is 2.13. The number of Topliss-reactive ketones (excluding diaryl/α,β-unsaturated/α-hetero) is 1. The maximum Gasteiger partial charge on any atom is 0.155 e. The number of hydrogen-bond acceptors (Lipinski definition) is 4. The molecule has 0 amide bonds. The van der Waals surface area contributed by atoms with Crippen LogP contribution >= 0.6 is 0 Å². The first kappa shape index (κ1) is 12.5. The van der Waals surface area contributed by atoms with E-state index in [-0.39, 0.29) is 12.4 Å². The molecule has 0 saturated heterocycles. The van der Waals surface area contributed by atoms with Gasteiger partial charge in [-0.1, -0.05) is 0 Å². The Morgan fingerprint density at radius 3 is 2.44 bits per heavy atom. The van der Waals surface area contributed by atoms with E-state index in [1.165, 1.54) is 6.92 Å². The third kappa shape index (κ3) is 4.79. The number of ketones is 1. The van der Waals surface area contributed by atoms with Gasteiger partial charge in [0.2, 0.25) is 0 Å². The maximum atomic E-state index is 10.6. The van der Waals surface area contributed by atoms with Crippen molar-refractivity contribution in [3.8, 4) is 0 Å². The Morgan fingerprint density at radius 2 is 1.88 bits per heavy atom. The second-order valence-electron chi connectivity index (χ2n) is 3.51. The summed E-state index contributed by atoms with van der Waals surface area (Å²) in [5, 5.41) is 6.26. The molecule has 0 aromatic heterocycles. The fraction of sp³-hybridized carbons (Fsp3) is 0.417. The molecule has 0 radical (unpaired) electrons. The average Bonchev–Trinajstić information content (AvgIpc) is 2.29. The first-order chi connectivity index (χ1) is 7.72. The first-order valence-electron chi connectivity index (χ1n) is 5.31. The summed E-state index contributed by atoms with van der Waals surface area (Å²) in [5.74, 6) is 0.0540. The Kier molecular flexibility index (Phi) is 5.36. The molecule has 0 saturated carbocycles. The lowest BCUT2D eigenvalue weighted by molar-refractivity contribution is -0.121. The predicted molar refractivity (Wildman–Crippen MR) is 66.0 cm³/mol. The Labute approximate surface area is 96.0 Å². The van der Waals surface area contributed by atoms with E-state index in [1.807, 2.05) is 31.3 Å². The molecule has 16 heavy (non-hydrogen) atoms. The van der Waals surface area contributed by atoms with E-state index in [1.54, 1.807) is 0 Å². The van der Waals surface area contributed by atoms with Gasteiger partial charge in [-0.05, 0) is 31.2 Å². The number of carbonyl (C=O) groups is 1. The molecule has 4 nitrogen and oxygen atoms in total. The van der Waals surface area contributed by atoms with Crippen molar-refractivity contribution in [1.82, 2.24) is 0 Å². The normalized spacial score (nSPS) is 9.88. The lowest BCUT2D eigenvalue weighted by atomic mass is 10.3. The van der Waals surface area contributed by atoms with Gasteiger partial charge in [-0.15, -0.1) is 0 Å². The second-order valence-corrected chi connectivity index (χ2v) is 3.51. The monoisotopic (exact) mass is 222 g/mol. The van der Waals surface area contributed by atoms with Gasteiger partial charge in [-0.2, -0.15) is 0 Å². The number of ether oxygens (including phenoxy) is 1. The lowest BCUT2D eigenvalue weighted by Crippen LogP contribution is -2.12. The van der Waals surface area contributed by atoms with E-state index < -0.39 is 0 Å². The molecule has 0 heterocycles. The number of nitrogens with one attached hydrogen (secondary N) is 2. The lowest BCUT2D eigenvalue weighted by Gasteiger charge is -2.07. The van der Waals surface area contributed by atoms with Gasteiger partial charge in [0, 0.05) is 25.0 Å². The third-order valence-electron chi connectivity index (χ3n) is 2.05. The summed E-state index contributed by atoms with van der Waals surface area (Å²) in [4.78, 5) is 10.6. The van der Waals surface area contributed by atoms with Crippen molar-refractivity contribution in [3.63, 3.8) is 0 Å². The van der Waals surface area contributed by atoms with E-state index in [2.05, 4.69) is 10.6 Å². The highest BCUT2D eigenvalue weighted by Crippen LogP contribution is 2.12. The molecule has 1 aromatic carbocycles. The van der Waals surface area contributed by atoms with Crippen LogP contribution in [0.5, 0.6) is 0 Å². The molecule has 1 rings (SSSR count). The van der Waals surface area contributed by atoms with Crippen molar-refractivity contribution < 1.29 is 9.53 Å². The minimum Gasteiger partial charge on any atom is -0.388 e. The van der Waals surface area contributed by atoms with Gasteiger partial charge in [0.05, 0.1) is 6.61 Å². The van der Waals surface area contributed by atoms with Gasteiger partial charge >= 0.3 is 0 Å². The molecular formula is C12H18N2O2. The zero-order valence-electron chi connectivity index (χ0n) is 9.75. The van der Waals surface area contributed by atoms with Gasteiger partial charge in [-0.25, -0.2) is 0 Å². The van der Waals surface area contributed by atoms with Crippen molar-refractivity contribution in [3.05, 3.63) is 24.3 Å². The van der Waals surface area contributed by atoms with E-state index in [4.69, 9.17) is 4.74 Å².